The maximum absolute atomic E-state index is 2.81. The average Bonchev–Trinajstić information content (AvgIpc) is 3.13. The topological polar surface area (TPSA) is 9.72 Å². The summed E-state index contributed by atoms with van der Waals surface area (Å²) in [4.78, 5) is 7.89. The molecule has 2 fully saturated rings. The SMILES string of the molecule is CN(C)C(C)(C)CCC(C)(C)N(C)C1CC1CN(CC1CCCC1)C(C)(C)C. The van der Waals surface area contributed by atoms with E-state index in [4.69, 9.17) is 0 Å². The Bertz CT molecular complexity index is 483. The second-order valence-corrected chi connectivity index (χ2v) is 12.4. The molecule has 0 radical (unpaired) electrons. The van der Waals surface area contributed by atoms with Crippen LogP contribution in [0, 0.1) is 11.8 Å². The Morgan fingerprint density at radius 2 is 1.29 bits per heavy atom. The fraction of sp³-hybridized carbons (Fsp3) is 1.00. The van der Waals surface area contributed by atoms with Gasteiger partial charge >= 0.3 is 0 Å². The van der Waals surface area contributed by atoms with Crippen molar-refractivity contribution in [1.82, 2.24) is 14.7 Å². The van der Waals surface area contributed by atoms with Gasteiger partial charge in [0.05, 0.1) is 0 Å². The molecule has 166 valence electrons. The van der Waals surface area contributed by atoms with E-state index in [2.05, 4.69) is 84.3 Å². The molecule has 0 aromatic carbocycles. The molecular weight excluding hydrogens is 342 g/mol. The Labute approximate surface area is 177 Å². The van der Waals surface area contributed by atoms with E-state index in [1.54, 1.807) is 0 Å². The lowest BCUT2D eigenvalue weighted by Crippen LogP contribution is -2.48. The minimum Gasteiger partial charge on any atom is -0.304 e. The Hall–Kier alpha value is -0.120. The van der Waals surface area contributed by atoms with Gasteiger partial charge in [0.15, 0.2) is 0 Å². The van der Waals surface area contributed by atoms with Crippen LogP contribution in [-0.2, 0) is 0 Å². The second kappa shape index (κ2) is 8.94. The van der Waals surface area contributed by atoms with Gasteiger partial charge in [-0.25, -0.2) is 0 Å². The summed E-state index contributed by atoms with van der Waals surface area (Å²) in [5, 5.41) is 0. The predicted molar refractivity (Wildman–Crippen MR) is 124 cm³/mol. The van der Waals surface area contributed by atoms with Crippen LogP contribution in [0.25, 0.3) is 0 Å². The maximum atomic E-state index is 2.81. The first-order chi connectivity index (χ1) is 12.7. The summed E-state index contributed by atoms with van der Waals surface area (Å²) < 4.78 is 0. The molecule has 0 saturated heterocycles. The van der Waals surface area contributed by atoms with Crippen molar-refractivity contribution in [1.29, 1.82) is 0 Å². The van der Waals surface area contributed by atoms with Gasteiger partial charge in [0.25, 0.3) is 0 Å². The zero-order chi connectivity index (χ0) is 21.3. The van der Waals surface area contributed by atoms with E-state index in [-0.39, 0.29) is 11.1 Å². The minimum atomic E-state index is 0.269. The summed E-state index contributed by atoms with van der Waals surface area (Å²) in [5.74, 6) is 1.80. The summed E-state index contributed by atoms with van der Waals surface area (Å²) in [6.45, 7) is 19.5. The first-order valence-corrected chi connectivity index (χ1v) is 11.9. The lowest BCUT2D eigenvalue weighted by Gasteiger charge is -2.41. The number of nitrogens with zero attached hydrogens (tertiary/aromatic N) is 3. The zero-order valence-electron chi connectivity index (χ0n) is 20.9. The van der Waals surface area contributed by atoms with Gasteiger partial charge < -0.3 is 4.90 Å². The lowest BCUT2D eigenvalue weighted by atomic mass is 9.87. The maximum Gasteiger partial charge on any atom is 0.0153 e. The zero-order valence-corrected chi connectivity index (χ0v) is 20.9. The lowest BCUT2D eigenvalue weighted by molar-refractivity contribution is 0.0795. The van der Waals surface area contributed by atoms with Crippen molar-refractivity contribution in [2.24, 2.45) is 11.8 Å². The smallest absolute Gasteiger partial charge is 0.0153 e. The van der Waals surface area contributed by atoms with Gasteiger partial charge in [-0.1, -0.05) is 12.8 Å². The van der Waals surface area contributed by atoms with Crippen LogP contribution in [0.2, 0.25) is 0 Å². The summed E-state index contributed by atoms with van der Waals surface area (Å²) in [7, 11) is 6.80. The molecule has 2 saturated carbocycles. The third-order valence-electron chi connectivity index (χ3n) is 8.25. The summed E-state index contributed by atoms with van der Waals surface area (Å²) in [6.07, 6.45) is 9.69. The van der Waals surface area contributed by atoms with Crippen molar-refractivity contribution < 1.29 is 0 Å². The fourth-order valence-electron chi connectivity index (χ4n) is 4.77. The molecule has 0 aromatic heterocycles. The first-order valence-electron chi connectivity index (χ1n) is 11.9. The van der Waals surface area contributed by atoms with Crippen molar-refractivity contribution in [3.05, 3.63) is 0 Å². The van der Waals surface area contributed by atoms with E-state index in [1.807, 2.05) is 0 Å². The molecule has 2 aliphatic carbocycles. The van der Waals surface area contributed by atoms with Gasteiger partial charge in [-0.3, -0.25) is 9.80 Å². The third kappa shape index (κ3) is 6.44. The molecule has 28 heavy (non-hydrogen) atoms. The Morgan fingerprint density at radius 1 is 0.750 bits per heavy atom. The van der Waals surface area contributed by atoms with Crippen LogP contribution in [0.3, 0.4) is 0 Å². The largest absolute Gasteiger partial charge is 0.304 e. The van der Waals surface area contributed by atoms with Gasteiger partial charge in [0, 0.05) is 35.7 Å². The van der Waals surface area contributed by atoms with Gasteiger partial charge in [-0.2, -0.15) is 0 Å². The fourth-order valence-corrected chi connectivity index (χ4v) is 4.77. The molecular formula is C25H51N3. The first kappa shape index (κ1) is 24.2. The van der Waals surface area contributed by atoms with Crippen LogP contribution in [0.4, 0.5) is 0 Å². The van der Waals surface area contributed by atoms with Gasteiger partial charge in [-0.05, 0) is 114 Å². The summed E-state index contributed by atoms with van der Waals surface area (Å²) in [5.41, 5.74) is 0.829. The molecule has 0 heterocycles. The van der Waals surface area contributed by atoms with Crippen LogP contribution in [0.5, 0.6) is 0 Å². The van der Waals surface area contributed by atoms with Crippen LogP contribution in [-0.4, -0.2) is 71.6 Å². The quantitative estimate of drug-likeness (QED) is 0.485. The van der Waals surface area contributed by atoms with Gasteiger partial charge in [0.2, 0.25) is 0 Å². The molecule has 2 rings (SSSR count). The van der Waals surface area contributed by atoms with Crippen molar-refractivity contribution in [3.8, 4) is 0 Å². The summed E-state index contributed by atoms with van der Waals surface area (Å²) >= 11 is 0. The highest BCUT2D eigenvalue weighted by molar-refractivity contribution is 5.01. The monoisotopic (exact) mass is 393 g/mol. The highest BCUT2D eigenvalue weighted by atomic mass is 15.3. The van der Waals surface area contributed by atoms with Crippen molar-refractivity contribution >= 4 is 0 Å². The number of rotatable bonds is 10. The van der Waals surface area contributed by atoms with Crippen LogP contribution < -0.4 is 0 Å². The molecule has 0 bridgehead atoms. The van der Waals surface area contributed by atoms with Gasteiger partial charge in [0.1, 0.15) is 0 Å². The van der Waals surface area contributed by atoms with Crippen LogP contribution >= 0.6 is 0 Å². The van der Waals surface area contributed by atoms with Crippen molar-refractivity contribution in [3.63, 3.8) is 0 Å². The highest BCUT2D eigenvalue weighted by Gasteiger charge is 2.46. The van der Waals surface area contributed by atoms with Crippen molar-refractivity contribution in [2.75, 3.05) is 34.2 Å². The normalized spacial score (nSPS) is 24.8. The van der Waals surface area contributed by atoms with E-state index >= 15 is 0 Å². The molecule has 2 atom stereocenters. The van der Waals surface area contributed by atoms with E-state index in [0.29, 0.717) is 5.54 Å². The molecule has 0 aliphatic heterocycles. The van der Waals surface area contributed by atoms with Crippen LogP contribution in [0.15, 0.2) is 0 Å². The number of hydrogen-bond donors (Lipinski definition) is 0. The molecule has 3 heteroatoms. The molecule has 3 nitrogen and oxygen atoms in total. The average molecular weight is 394 g/mol. The number of hydrogen-bond acceptors (Lipinski definition) is 3. The van der Waals surface area contributed by atoms with Crippen LogP contribution in [0.1, 0.15) is 93.4 Å². The standard InChI is InChI=1S/C25H51N3/c1-23(2,3)28(18-20-13-11-12-14-20)19-21-17-22(21)27(10)25(6,7)16-15-24(4,5)26(8)9/h20-22H,11-19H2,1-10H3. The Balaban J connectivity index is 1.89. The third-order valence-corrected chi connectivity index (χ3v) is 8.25. The molecule has 0 spiro atoms. The van der Waals surface area contributed by atoms with E-state index in [1.165, 1.54) is 58.0 Å². The van der Waals surface area contributed by atoms with Crippen molar-refractivity contribution in [2.45, 2.75) is 116 Å². The van der Waals surface area contributed by atoms with E-state index in [0.717, 1.165) is 17.9 Å². The summed E-state index contributed by atoms with van der Waals surface area (Å²) in [6, 6.07) is 0.769. The Kier molecular flexibility index (Phi) is 7.71. The Morgan fingerprint density at radius 3 is 1.79 bits per heavy atom. The molecule has 0 amide bonds. The van der Waals surface area contributed by atoms with Gasteiger partial charge in [-0.15, -0.1) is 0 Å². The minimum absolute atomic E-state index is 0.269. The van der Waals surface area contributed by atoms with E-state index < -0.39 is 0 Å². The second-order valence-electron chi connectivity index (χ2n) is 12.4. The van der Waals surface area contributed by atoms with E-state index in [9.17, 15) is 0 Å². The highest BCUT2D eigenvalue weighted by Crippen LogP contribution is 2.42. The molecule has 2 unspecified atom stereocenters. The predicted octanol–water partition coefficient (Wildman–Crippen LogP) is 5.50. The molecule has 2 aliphatic rings. The molecule has 0 N–H and O–H groups in total. The molecule has 0 aromatic rings.